The van der Waals surface area contributed by atoms with Crippen molar-refractivity contribution in [2.75, 3.05) is 13.1 Å². The number of aromatic nitrogens is 4. The first-order valence-electron chi connectivity index (χ1n) is 8.45. The molecule has 1 aliphatic heterocycles. The van der Waals surface area contributed by atoms with Crippen LogP contribution in [-0.2, 0) is 19.3 Å². The Morgan fingerprint density at radius 1 is 1.15 bits per heavy atom. The van der Waals surface area contributed by atoms with E-state index in [9.17, 15) is 18.0 Å². The van der Waals surface area contributed by atoms with Gasteiger partial charge in [-0.1, -0.05) is 0 Å². The van der Waals surface area contributed by atoms with Gasteiger partial charge in [0.1, 0.15) is 0 Å². The lowest BCUT2D eigenvalue weighted by Crippen LogP contribution is -2.36. The van der Waals surface area contributed by atoms with Gasteiger partial charge in [-0.25, -0.2) is 4.98 Å². The highest BCUT2D eigenvalue weighted by Crippen LogP contribution is 2.26. The zero-order valence-electron chi connectivity index (χ0n) is 14.4. The van der Waals surface area contributed by atoms with Gasteiger partial charge >= 0.3 is 6.18 Å². The highest BCUT2D eigenvalue weighted by Gasteiger charge is 2.33. The summed E-state index contributed by atoms with van der Waals surface area (Å²) in [7, 11) is 0. The maximum absolute atomic E-state index is 12.6. The average Bonchev–Trinajstić information content (AvgIpc) is 2.59. The van der Waals surface area contributed by atoms with Crippen molar-refractivity contribution in [2.45, 2.75) is 39.0 Å². The number of alkyl halides is 3. The molecule has 0 radical (unpaired) electrons. The molecule has 9 heteroatoms. The van der Waals surface area contributed by atoms with Crippen molar-refractivity contribution in [1.29, 1.82) is 0 Å². The molecular formula is C17H20F3N5O. The van der Waals surface area contributed by atoms with Crippen LogP contribution in [0.4, 0.5) is 13.2 Å². The van der Waals surface area contributed by atoms with E-state index >= 15 is 0 Å². The van der Waals surface area contributed by atoms with Crippen LogP contribution in [0.2, 0.25) is 0 Å². The second-order valence-electron chi connectivity index (χ2n) is 6.63. The second kappa shape index (κ2) is 7.53. The first kappa shape index (κ1) is 18.5. The molecule has 26 heavy (non-hydrogen) atoms. The molecular weight excluding hydrogens is 347 g/mol. The van der Waals surface area contributed by atoms with E-state index in [1.165, 1.54) is 4.57 Å². The minimum atomic E-state index is -4.59. The molecule has 0 atom stereocenters. The molecule has 1 saturated heterocycles. The van der Waals surface area contributed by atoms with Crippen molar-refractivity contribution >= 4 is 0 Å². The van der Waals surface area contributed by atoms with Gasteiger partial charge in [-0.15, -0.1) is 0 Å². The van der Waals surface area contributed by atoms with E-state index in [-0.39, 0.29) is 5.92 Å². The number of nitrogens with zero attached hydrogens (tertiary/aromatic N) is 5. The maximum atomic E-state index is 12.6. The van der Waals surface area contributed by atoms with Gasteiger partial charge in [0.2, 0.25) is 0 Å². The fraction of sp³-hybridized carbons (Fsp3) is 0.529. The van der Waals surface area contributed by atoms with Gasteiger partial charge in [-0.3, -0.25) is 24.2 Å². The third kappa shape index (κ3) is 4.66. The molecule has 3 heterocycles. The Morgan fingerprint density at radius 2 is 1.88 bits per heavy atom. The van der Waals surface area contributed by atoms with Crippen molar-refractivity contribution in [3.63, 3.8) is 0 Å². The molecule has 0 aromatic carbocycles. The lowest BCUT2D eigenvalue weighted by atomic mass is 9.96. The molecule has 0 bridgehead atoms. The van der Waals surface area contributed by atoms with E-state index in [4.69, 9.17) is 0 Å². The summed E-state index contributed by atoms with van der Waals surface area (Å²) < 4.78 is 39.0. The Morgan fingerprint density at radius 3 is 2.46 bits per heavy atom. The van der Waals surface area contributed by atoms with Crippen LogP contribution in [-0.4, -0.2) is 37.5 Å². The minimum absolute atomic E-state index is 0.242. The zero-order valence-corrected chi connectivity index (χ0v) is 14.4. The Balaban J connectivity index is 1.54. The van der Waals surface area contributed by atoms with Gasteiger partial charge < -0.3 is 0 Å². The molecule has 140 valence electrons. The molecule has 0 amide bonds. The highest BCUT2D eigenvalue weighted by molar-refractivity contribution is 5.04. The molecule has 6 nitrogen and oxygen atoms in total. The largest absolute Gasteiger partial charge is 0.433 e. The summed E-state index contributed by atoms with van der Waals surface area (Å²) in [6.45, 7) is 4.70. The smallest absolute Gasteiger partial charge is 0.299 e. The topological polar surface area (TPSA) is 63.9 Å². The van der Waals surface area contributed by atoms with E-state index < -0.39 is 17.4 Å². The SMILES string of the molecule is Cc1cnc(CN2CCC(Cn3cnc(C(F)(F)F)cc3=O)CC2)cn1. The zero-order chi connectivity index (χ0) is 18.7. The van der Waals surface area contributed by atoms with Crippen molar-refractivity contribution in [3.05, 3.63) is 52.2 Å². The predicted octanol–water partition coefficient (Wildman–Crippen LogP) is 2.27. The molecule has 0 aliphatic carbocycles. The summed E-state index contributed by atoms with van der Waals surface area (Å²) >= 11 is 0. The van der Waals surface area contributed by atoms with Crippen LogP contribution in [0.25, 0.3) is 0 Å². The van der Waals surface area contributed by atoms with Crippen LogP contribution in [0.5, 0.6) is 0 Å². The van der Waals surface area contributed by atoms with Crippen molar-refractivity contribution in [3.8, 4) is 0 Å². The number of aryl methyl sites for hydroxylation is 1. The number of hydrogen-bond donors (Lipinski definition) is 0. The first-order chi connectivity index (χ1) is 12.3. The fourth-order valence-corrected chi connectivity index (χ4v) is 3.05. The number of halogens is 3. The lowest BCUT2D eigenvalue weighted by Gasteiger charge is -2.31. The van der Waals surface area contributed by atoms with Crippen molar-refractivity contribution < 1.29 is 13.2 Å². The third-order valence-corrected chi connectivity index (χ3v) is 4.55. The van der Waals surface area contributed by atoms with Crippen LogP contribution in [0.3, 0.4) is 0 Å². The molecule has 1 fully saturated rings. The van der Waals surface area contributed by atoms with Gasteiger partial charge in [-0.2, -0.15) is 13.2 Å². The van der Waals surface area contributed by atoms with E-state index in [0.717, 1.165) is 50.2 Å². The Kier molecular flexibility index (Phi) is 5.36. The number of hydrogen-bond acceptors (Lipinski definition) is 5. The summed E-state index contributed by atoms with van der Waals surface area (Å²) in [6, 6.07) is 0.561. The van der Waals surface area contributed by atoms with Crippen LogP contribution >= 0.6 is 0 Å². The van der Waals surface area contributed by atoms with E-state index in [2.05, 4.69) is 19.9 Å². The van der Waals surface area contributed by atoms with Crippen LogP contribution in [0.15, 0.2) is 29.6 Å². The normalized spacial score (nSPS) is 16.8. The van der Waals surface area contributed by atoms with E-state index in [1.54, 1.807) is 12.4 Å². The molecule has 1 aliphatic rings. The predicted molar refractivity (Wildman–Crippen MR) is 88.3 cm³/mol. The quantitative estimate of drug-likeness (QED) is 0.830. The first-order valence-corrected chi connectivity index (χ1v) is 8.45. The molecule has 0 saturated carbocycles. The summed E-state index contributed by atoms with van der Waals surface area (Å²) in [6.07, 6.45) is 1.66. The number of rotatable bonds is 4. The Hall–Kier alpha value is -2.29. The average molecular weight is 367 g/mol. The molecule has 0 unspecified atom stereocenters. The van der Waals surface area contributed by atoms with Gasteiger partial charge in [0.15, 0.2) is 5.69 Å². The summed E-state index contributed by atoms with van der Waals surface area (Å²) in [5, 5.41) is 0. The lowest BCUT2D eigenvalue weighted by molar-refractivity contribution is -0.141. The van der Waals surface area contributed by atoms with Gasteiger partial charge in [-0.05, 0) is 38.8 Å². The van der Waals surface area contributed by atoms with Crippen LogP contribution < -0.4 is 5.56 Å². The molecule has 2 aromatic heterocycles. The molecule has 0 N–H and O–H groups in total. The van der Waals surface area contributed by atoms with E-state index in [1.807, 2.05) is 6.92 Å². The number of piperidine rings is 1. The Bertz CT molecular complexity index is 795. The van der Waals surface area contributed by atoms with Crippen LogP contribution in [0.1, 0.15) is 29.9 Å². The minimum Gasteiger partial charge on any atom is -0.299 e. The second-order valence-corrected chi connectivity index (χ2v) is 6.63. The van der Waals surface area contributed by atoms with Crippen molar-refractivity contribution in [2.24, 2.45) is 5.92 Å². The van der Waals surface area contributed by atoms with Gasteiger partial charge in [0.25, 0.3) is 5.56 Å². The van der Waals surface area contributed by atoms with E-state index in [0.29, 0.717) is 12.6 Å². The van der Waals surface area contributed by atoms with Crippen LogP contribution in [0, 0.1) is 12.8 Å². The van der Waals surface area contributed by atoms with Gasteiger partial charge in [0.05, 0.1) is 17.7 Å². The highest BCUT2D eigenvalue weighted by atomic mass is 19.4. The standard InChI is InChI=1S/C17H20F3N5O/c1-12-7-22-14(8-21-12)10-24-4-2-13(3-5-24)9-25-11-23-15(6-16(25)26)17(18,19)20/h6-8,11,13H,2-5,9-10H2,1H3. The monoisotopic (exact) mass is 367 g/mol. The summed E-state index contributed by atoms with van der Waals surface area (Å²) in [5.41, 5.74) is -0.0160. The fourth-order valence-electron chi connectivity index (χ4n) is 3.05. The third-order valence-electron chi connectivity index (χ3n) is 4.55. The maximum Gasteiger partial charge on any atom is 0.433 e. The molecule has 0 spiro atoms. The summed E-state index contributed by atoms with van der Waals surface area (Å²) in [5.74, 6) is 0.242. The van der Waals surface area contributed by atoms with Gasteiger partial charge in [0, 0.05) is 31.5 Å². The molecule has 2 aromatic rings. The Labute approximate surface area is 148 Å². The summed E-state index contributed by atoms with van der Waals surface area (Å²) in [4.78, 5) is 26.1. The van der Waals surface area contributed by atoms with Crippen molar-refractivity contribution in [1.82, 2.24) is 24.4 Å². The number of likely N-dealkylation sites (tertiary alicyclic amines) is 1. The molecule has 3 rings (SSSR count).